The molecule has 0 saturated carbocycles. The monoisotopic (exact) mass is 382 g/mol. The molecule has 0 saturated heterocycles. The van der Waals surface area contributed by atoms with Gasteiger partial charge in [0.05, 0.1) is 26.2 Å². The van der Waals surface area contributed by atoms with E-state index in [2.05, 4.69) is 0 Å². The second-order valence-corrected chi connectivity index (χ2v) is 7.25. The van der Waals surface area contributed by atoms with Gasteiger partial charge in [-0.2, -0.15) is 0 Å². The number of rotatable bonds is 6. The lowest BCUT2D eigenvalue weighted by Gasteiger charge is -2.35. The molecule has 0 amide bonds. The minimum absolute atomic E-state index is 0.0392. The van der Waals surface area contributed by atoms with E-state index in [0.717, 1.165) is 16.9 Å². The van der Waals surface area contributed by atoms with Gasteiger partial charge in [-0.25, -0.2) is 0 Å². The molecule has 5 nitrogen and oxygen atoms in total. The van der Waals surface area contributed by atoms with Gasteiger partial charge in [0.1, 0.15) is 11.4 Å². The molecule has 2 atom stereocenters. The maximum absolute atomic E-state index is 12.9. The van der Waals surface area contributed by atoms with Gasteiger partial charge in [-0.1, -0.05) is 24.3 Å². The van der Waals surface area contributed by atoms with Crippen LogP contribution < -0.4 is 9.47 Å². The summed E-state index contributed by atoms with van der Waals surface area (Å²) in [6.45, 7) is 3.98. The molecule has 1 aliphatic heterocycles. The summed E-state index contributed by atoms with van der Waals surface area (Å²) in [5.74, 6) is 1.57. The van der Waals surface area contributed by atoms with Gasteiger partial charge in [0.25, 0.3) is 0 Å². The van der Waals surface area contributed by atoms with Crippen molar-refractivity contribution in [1.29, 1.82) is 0 Å². The topological polar surface area (TPSA) is 54.0 Å². The lowest BCUT2D eigenvalue weighted by Crippen LogP contribution is -2.35. The molecule has 148 valence electrons. The predicted molar refractivity (Wildman–Crippen MR) is 108 cm³/mol. The third-order valence-electron chi connectivity index (χ3n) is 4.84. The highest BCUT2D eigenvalue weighted by molar-refractivity contribution is 5.97. The van der Waals surface area contributed by atoms with Gasteiger partial charge >= 0.3 is 0 Å². The molecule has 28 heavy (non-hydrogen) atoms. The molecule has 0 spiro atoms. The van der Waals surface area contributed by atoms with E-state index in [4.69, 9.17) is 18.9 Å². The van der Waals surface area contributed by atoms with Crippen LogP contribution >= 0.6 is 0 Å². The van der Waals surface area contributed by atoms with E-state index >= 15 is 0 Å². The number of carbonyl (C=O) groups is 1. The highest BCUT2D eigenvalue weighted by Crippen LogP contribution is 2.35. The van der Waals surface area contributed by atoms with Crippen molar-refractivity contribution in [3.63, 3.8) is 0 Å². The van der Waals surface area contributed by atoms with Crippen molar-refractivity contribution in [3.8, 4) is 11.5 Å². The number of ketones is 1. The highest BCUT2D eigenvalue weighted by Gasteiger charge is 2.35. The third-order valence-corrected chi connectivity index (χ3v) is 4.84. The van der Waals surface area contributed by atoms with Crippen molar-refractivity contribution < 1.29 is 23.7 Å². The average Bonchev–Trinajstić information content (AvgIpc) is 2.69. The summed E-state index contributed by atoms with van der Waals surface area (Å²) in [6.07, 6.45) is 10.7. The summed E-state index contributed by atoms with van der Waals surface area (Å²) < 4.78 is 22.2. The lowest BCUT2D eigenvalue weighted by atomic mass is 9.84. The van der Waals surface area contributed by atoms with Gasteiger partial charge < -0.3 is 18.9 Å². The third kappa shape index (κ3) is 4.04. The molecule has 2 unspecified atom stereocenters. The van der Waals surface area contributed by atoms with Gasteiger partial charge in [-0.15, -0.1) is 0 Å². The van der Waals surface area contributed by atoms with Crippen LogP contribution in [0.1, 0.15) is 19.4 Å². The second-order valence-electron chi connectivity index (χ2n) is 7.25. The van der Waals surface area contributed by atoms with Crippen molar-refractivity contribution >= 4 is 11.9 Å². The molecule has 1 aromatic carbocycles. The molecule has 1 aromatic rings. The smallest absolute Gasteiger partial charge is 0.165 e. The minimum Gasteiger partial charge on any atom is -0.493 e. The van der Waals surface area contributed by atoms with Gasteiger partial charge in [0.15, 0.2) is 17.3 Å². The Balaban J connectivity index is 1.78. The molecule has 0 fully saturated rings. The van der Waals surface area contributed by atoms with E-state index in [1.54, 1.807) is 33.5 Å². The van der Waals surface area contributed by atoms with Crippen LogP contribution in [0.25, 0.3) is 6.08 Å². The van der Waals surface area contributed by atoms with Crippen LogP contribution in [0.2, 0.25) is 0 Å². The van der Waals surface area contributed by atoms with Gasteiger partial charge in [-0.05, 0) is 49.8 Å². The normalized spacial score (nSPS) is 22.8. The Morgan fingerprint density at radius 2 is 1.86 bits per heavy atom. The van der Waals surface area contributed by atoms with Crippen LogP contribution in [0, 0.1) is 5.92 Å². The molecule has 3 rings (SSSR count). The Labute approximate surface area is 165 Å². The van der Waals surface area contributed by atoms with Crippen molar-refractivity contribution in [2.45, 2.75) is 25.6 Å². The summed E-state index contributed by atoms with van der Waals surface area (Å²) in [5.41, 5.74) is 1.37. The molecule has 0 N–H and O–H groups in total. The Kier molecular flexibility index (Phi) is 5.75. The number of ether oxygens (including phenoxy) is 4. The minimum atomic E-state index is -0.408. The fourth-order valence-electron chi connectivity index (χ4n) is 3.36. The molecule has 1 heterocycles. The van der Waals surface area contributed by atoms with E-state index in [9.17, 15) is 4.79 Å². The molecule has 5 heteroatoms. The summed E-state index contributed by atoms with van der Waals surface area (Å²) in [6, 6.07) is 5.51. The van der Waals surface area contributed by atoms with Crippen molar-refractivity contribution in [2.75, 3.05) is 21.3 Å². The van der Waals surface area contributed by atoms with Crippen LogP contribution in [0.4, 0.5) is 0 Å². The van der Waals surface area contributed by atoms with Gasteiger partial charge in [0.2, 0.25) is 0 Å². The maximum atomic E-state index is 12.9. The van der Waals surface area contributed by atoms with E-state index in [1.807, 2.05) is 56.4 Å². The van der Waals surface area contributed by atoms with Crippen LogP contribution in [0.15, 0.2) is 59.9 Å². The fraction of sp³-hybridized carbons (Fsp3) is 0.348. The summed E-state index contributed by atoms with van der Waals surface area (Å²) >= 11 is 0. The van der Waals surface area contributed by atoms with Crippen molar-refractivity contribution in [2.24, 2.45) is 5.92 Å². The Morgan fingerprint density at radius 1 is 1.11 bits per heavy atom. The molecular formula is C23H26O5. The molecule has 1 aliphatic carbocycles. The van der Waals surface area contributed by atoms with Crippen LogP contribution in [0.3, 0.4) is 0 Å². The second kappa shape index (κ2) is 8.07. The molecule has 2 aliphatic rings. The maximum Gasteiger partial charge on any atom is 0.165 e. The van der Waals surface area contributed by atoms with Crippen molar-refractivity contribution in [1.82, 2.24) is 0 Å². The van der Waals surface area contributed by atoms with Gasteiger partial charge in [0, 0.05) is 12.7 Å². The largest absolute Gasteiger partial charge is 0.493 e. The number of methoxy groups -OCH3 is 3. The Bertz CT molecular complexity index is 873. The number of hydrogen-bond donors (Lipinski definition) is 0. The molecule has 0 radical (unpaired) electrons. The van der Waals surface area contributed by atoms with Crippen LogP contribution in [-0.4, -0.2) is 38.8 Å². The quantitative estimate of drug-likeness (QED) is 0.693. The Hall–Kier alpha value is -2.79. The Morgan fingerprint density at radius 3 is 2.54 bits per heavy atom. The van der Waals surface area contributed by atoms with Gasteiger partial charge in [-0.3, -0.25) is 4.79 Å². The first kappa shape index (κ1) is 20.0. The van der Waals surface area contributed by atoms with E-state index in [-0.39, 0.29) is 17.5 Å². The zero-order valence-electron chi connectivity index (χ0n) is 16.9. The number of allylic oxidation sites excluding steroid dienone is 2. The van der Waals surface area contributed by atoms with Crippen LogP contribution in [0.5, 0.6) is 11.5 Å². The number of hydrogen-bond acceptors (Lipinski definition) is 5. The zero-order chi connectivity index (χ0) is 20.3. The zero-order valence-corrected chi connectivity index (χ0v) is 16.9. The van der Waals surface area contributed by atoms with E-state index in [0.29, 0.717) is 11.5 Å². The molecule has 0 bridgehead atoms. The number of benzene rings is 1. The summed E-state index contributed by atoms with van der Waals surface area (Å²) in [5, 5.41) is 0. The standard InChI is InChI=1S/C23H26O5/c1-23(2)13-12-17-19(28-23)11-8-16(22(17)27-5)18(24)9-6-15-7-10-20(25-3)21(14-15)26-4/h6-14,16,22H,1-5H3/b9-6+. The number of carbonyl (C=O) groups excluding carboxylic acids is 1. The SMILES string of the molecule is COc1ccc(/C=C/C(=O)C2C=CC3=C(C=CC(C)(C)O3)C2OC)cc1OC. The van der Waals surface area contributed by atoms with E-state index in [1.165, 1.54) is 0 Å². The van der Waals surface area contributed by atoms with Crippen LogP contribution in [-0.2, 0) is 14.3 Å². The average molecular weight is 382 g/mol. The summed E-state index contributed by atoms with van der Waals surface area (Å²) in [4.78, 5) is 12.9. The lowest BCUT2D eigenvalue weighted by molar-refractivity contribution is -0.119. The molecular weight excluding hydrogens is 356 g/mol. The highest BCUT2D eigenvalue weighted by atomic mass is 16.5. The predicted octanol–water partition coefficient (Wildman–Crippen LogP) is 4.11. The summed E-state index contributed by atoms with van der Waals surface area (Å²) in [7, 11) is 4.78. The molecule has 0 aromatic heterocycles. The fourth-order valence-corrected chi connectivity index (χ4v) is 3.36. The first-order chi connectivity index (χ1) is 13.4. The van der Waals surface area contributed by atoms with E-state index < -0.39 is 5.92 Å². The first-order valence-corrected chi connectivity index (χ1v) is 9.16. The first-order valence-electron chi connectivity index (χ1n) is 9.16. The van der Waals surface area contributed by atoms with Crippen molar-refractivity contribution in [3.05, 3.63) is 65.5 Å².